The highest BCUT2D eigenvalue weighted by molar-refractivity contribution is 5.96. The molecule has 0 atom stereocenters. The molecule has 0 saturated carbocycles. The van der Waals surface area contributed by atoms with Crippen LogP contribution in [0, 0.1) is 0 Å². The minimum Gasteiger partial charge on any atom is -0.481 e. The van der Waals surface area contributed by atoms with E-state index in [1.807, 2.05) is 6.07 Å². The molecule has 0 unspecified atom stereocenters. The van der Waals surface area contributed by atoms with Crippen LogP contribution in [0.25, 0.3) is 0 Å². The van der Waals surface area contributed by atoms with Crippen LogP contribution in [0.15, 0.2) is 30.3 Å². The third-order valence-electron chi connectivity index (χ3n) is 2.56. The maximum atomic E-state index is 11.7. The summed E-state index contributed by atoms with van der Waals surface area (Å²) in [6.45, 7) is 0.126. The number of hydrogen-bond acceptors (Lipinski definition) is 3. The molecule has 19 heavy (non-hydrogen) atoms. The molecule has 1 rings (SSSR count). The van der Waals surface area contributed by atoms with Gasteiger partial charge >= 0.3 is 5.97 Å². The van der Waals surface area contributed by atoms with Crippen molar-refractivity contribution in [1.82, 2.24) is 5.32 Å². The van der Waals surface area contributed by atoms with Gasteiger partial charge in [-0.1, -0.05) is 30.3 Å². The Morgan fingerprint density at radius 1 is 1.00 bits per heavy atom. The number of carboxylic acids is 1. The van der Waals surface area contributed by atoms with E-state index in [2.05, 4.69) is 5.32 Å². The van der Waals surface area contributed by atoms with Gasteiger partial charge in [-0.25, -0.2) is 0 Å². The molecule has 102 valence electrons. The van der Waals surface area contributed by atoms with E-state index in [0.717, 1.165) is 0 Å². The van der Waals surface area contributed by atoms with Crippen molar-refractivity contribution in [1.29, 1.82) is 0 Å². The first-order valence-corrected chi connectivity index (χ1v) is 6.16. The second kappa shape index (κ2) is 8.02. The lowest BCUT2D eigenvalue weighted by molar-refractivity contribution is -0.136. The van der Waals surface area contributed by atoms with E-state index in [1.54, 1.807) is 24.3 Å². The summed E-state index contributed by atoms with van der Waals surface area (Å²) in [5.41, 5.74) is 0.647. The number of aliphatic carboxylic acids is 1. The lowest BCUT2D eigenvalue weighted by Crippen LogP contribution is -2.25. The average Bonchev–Trinajstić information content (AvgIpc) is 2.39. The summed E-state index contributed by atoms with van der Waals surface area (Å²) in [5, 5.41) is 10.9. The van der Waals surface area contributed by atoms with Gasteiger partial charge < -0.3 is 10.4 Å². The second-order valence-corrected chi connectivity index (χ2v) is 4.14. The molecule has 0 bridgehead atoms. The zero-order valence-electron chi connectivity index (χ0n) is 10.6. The van der Waals surface area contributed by atoms with Gasteiger partial charge in [0.2, 0.25) is 5.91 Å². The number of rotatable bonds is 8. The first-order valence-electron chi connectivity index (χ1n) is 6.16. The SMILES string of the molecule is O=C(O)CCNC(=O)CCCC(=O)c1ccccc1. The Morgan fingerprint density at radius 2 is 1.68 bits per heavy atom. The van der Waals surface area contributed by atoms with Crippen LogP contribution in [0.2, 0.25) is 0 Å². The molecule has 1 aromatic rings. The molecular formula is C14H17NO4. The molecule has 0 aliphatic heterocycles. The Hall–Kier alpha value is -2.17. The molecule has 2 N–H and O–H groups in total. The molecule has 0 saturated heterocycles. The van der Waals surface area contributed by atoms with Gasteiger partial charge in [-0.3, -0.25) is 14.4 Å². The maximum Gasteiger partial charge on any atom is 0.305 e. The molecule has 0 spiro atoms. The number of Topliss-reactive ketones (excluding diaryl/α,β-unsaturated/α-hetero) is 1. The smallest absolute Gasteiger partial charge is 0.305 e. The largest absolute Gasteiger partial charge is 0.481 e. The number of benzene rings is 1. The lowest BCUT2D eigenvalue weighted by atomic mass is 10.1. The van der Waals surface area contributed by atoms with E-state index in [4.69, 9.17) is 5.11 Å². The van der Waals surface area contributed by atoms with Crippen LogP contribution in [-0.2, 0) is 9.59 Å². The number of ketones is 1. The standard InChI is InChI=1S/C14H17NO4/c16-12(11-5-2-1-3-6-11)7-4-8-13(17)15-10-9-14(18)19/h1-3,5-6H,4,7-10H2,(H,15,17)(H,18,19). The van der Waals surface area contributed by atoms with Gasteiger partial charge in [0.15, 0.2) is 5.78 Å². The molecule has 0 radical (unpaired) electrons. The van der Waals surface area contributed by atoms with Gasteiger partial charge in [0.05, 0.1) is 6.42 Å². The highest BCUT2D eigenvalue weighted by atomic mass is 16.4. The highest BCUT2D eigenvalue weighted by Crippen LogP contribution is 2.06. The van der Waals surface area contributed by atoms with Crippen LogP contribution in [0.1, 0.15) is 36.0 Å². The average molecular weight is 263 g/mol. The molecule has 0 aliphatic carbocycles. The van der Waals surface area contributed by atoms with Crippen LogP contribution in [-0.4, -0.2) is 29.3 Å². The first-order chi connectivity index (χ1) is 9.09. The topological polar surface area (TPSA) is 83.5 Å². The van der Waals surface area contributed by atoms with Crippen molar-refractivity contribution in [3.8, 4) is 0 Å². The van der Waals surface area contributed by atoms with Crippen molar-refractivity contribution in [2.45, 2.75) is 25.7 Å². The van der Waals surface area contributed by atoms with Crippen molar-refractivity contribution < 1.29 is 19.5 Å². The second-order valence-electron chi connectivity index (χ2n) is 4.14. The number of amides is 1. The zero-order chi connectivity index (χ0) is 14.1. The van der Waals surface area contributed by atoms with Gasteiger partial charge in [-0.2, -0.15) is 0 Å². The summed E-state index contributed by atoms with van der Waals surface area (Å²) in [6.07, 6.45) is 0.926. The van der Waals surface area contributed by atoms with Crippen LogP contribution in [0.5, 0.6) is 0 Å². The summed E-state index contributed by atoms with van der Waals surface area (Å²) in [5.74, 6) is -1.15. The molecule has 1 amide bonds. The normalized spacial score (nSPS) is 9.89. The molecular weight excluding hydrogens is 246 g/mol. The van der Waals surface area contributed by atoms with E-state index in [1.165, 1.54) is 0 Å². The molecule has 0 fully saturated rings. The lowest BCUT2D eigenvalue weighted by Gasteiger charge is -2.03. The van der Waals surface area contributed by atoms with Crippen molar-refractivity contribution in [3.63, 3.8) is 0 Å². The first kappa shape index (κ1) is 14.9. The van der Waals surface area contributed by atoms with E-state index in [0.29, 0.717) is 18.4 Å². The fourth-order valence-electron chi connectivity index (χ4n) is 1.58. The molecule has 5 heteroatoms. The number of hydrogen-bond donors (Lipinski definition) is 2. The van der Waals surface area contributed by atoms with Crippen LogP contribution >= 0.6 is 0 Å². The van der Waals surface area contributed by atoms with Crippen molar-refractivity contribution >= 4 is 17.7 Å². The Kier molecular flexibility index (Phi) is 6.29. The summed E-state index contributed by atoms with van der Waals surface area (Å²) < 4.78 is 0. The predicted molar refractivity (Wildman–Crippen MR) is 69.9 cm³/mol. The third-order valence-corrected chi connectivity index (χ3v) is 2.56. The fraction of sp³-hybridized carbons (Fsp3) is 0.357. The number of carbonyl (C=O) groups excluding carboxylic acids is 2. The molecule has 1 aromatic carbocycles. The van der Waals surface area contributed by atoms with Gasteiger partial charge in [-0.15, -0.1) is 0 Å². The number of carbonyl (C=O) groups is 3. The summed E-state index contributed by atoms with van der Waals surface area (Å²) in [4.78, 5) is 33.3. The van der Waals surface area contributed by atoms with Crippen LogP contribution < -0.4 is 5.32 Å². The molecule has 0 aromatic heterocycles. The zero-order valence-corrected chi connectivity index (χ0v) is 10.6. The summed E-state index contributed by atoms with van der Waals surface area (Å²) >= 11 is 0. The predicted octanol–water partition coefficient (Wildman–Crippen LogP) is 1.63. The minimum atomic E-state index is -0.945. The van der Waals surface area contributed by atoms with Crippen LogP contribution in [0.3, 0.4) is 0 Å². The summed E-state index contributed by atoms with van der Waals surface area (Å²) in [6, 6.07) is 8.93. The van der Waals surface area contributed by atoms with E-state index < -0.39 is 5.97 Å². The number of nitrogens with one attached hydrogen (secondary N) is 1. The van der Waals surface area contributed by atoms with Crippen LogP contribution in [0.4, 0.5) is 0 Å². The van der Waals surface area contributed by atoms with Gasteiger partial charge in [-0.05, 0) is 6.42 Å². The van der Waals surface area contributed by atoms with Gasteiger partial charge in [0.1, 0.15) is 0 Å². The fourth-order valence-corrected chi connectivity index (χ4v) is 1.58. The Labute approximate surface area is 111 Å². The Bertz CT molecular complexity index is 442. The highest BCUT2D eigenvalue weighted by Gasteiger charge is 2.07. The molecule has 0 aliphatic rings. The third kappa shape index (κ3) is 6.35. The minimum absolute atomic E-state index is 0.0129. The van der Waals surface area contributed by atoms with E-state index in [9.17, 15) is 14.4 Å². The van der Waals surface area contributed by atoms with Gasteiger partial charge in [0.25, 0.3) is 0 Å². The van der Waals surface area contributed by atoms with E-state index >= 15 is 0 Å². The summed E-state index contributed by atoms with van der Waals surface area (Å²) in [7, 11) is 0. The monoisotopic (exact) mass is 263 g/mol. The quantitative estimate of drug-likeness (QED) is 0.698. The molecule has 0 heterocycles. The Balaban J connectivity index is 2.18. The maximum absolute atomic E-state index is 11.7. The van der Waals surface area contributed by atoms with Gasteiger partial charge in [0, 0.05) is 24.9 Å². The molecule has 5 nitrogen and oxygen atoms in total. The van der Waals surface area contributed by atoms with Crippen molar-refractivity contribution in [3.05, 3.63) is 35.9 Å². The Morgan fingerprint density at radius 3 is 2.32 bits per heavy atom. The number of carboxylic acid groups (broad SMARTS) is 1. The van der Waals surface area contributed by atoms with Crippen molar-refractivity contribution in [2.24, 2.45) is 0 Å². The van der Waals surface area contributed by atoms with Crippen molar-refractivity contribution in [2.75, 3.05) is 6.54 Å². The van der Waals surface area contributed by atoms with E-state index in [-0.39, 0.29) is 31.1 Å².